The van der Waals surface area contributed by atoms with Crippen LogP contribution in [0.4, 0.5) is 13.2 Å². The molecule has 7 nitrogen and oxygen atoms in total. The number of aromatic nitrogens is 1. The Balaban J connectivity index is 1.36. The molecule has 10 heteroatoms. The molecule has 4 rings (SSSR count). The highest BCUT2D eigenvalue weighted by Gasteiger charge is 2.40. The first-order chi connectivity index (χ1) is 18.0. The number of piperidine rings is 2. The maximum Gasteiger partial charge on any atom is 0.573 e. The fraction of sp³-hybridized carbons (Fsp3) is 0.536. The molecule has 1 amide bonds. The van der Waals surface area contributed by atoms with Crippen LogP contribution in [0.5, 0.6) is 5.75 Å². The number of hydrogen-bond donors (Lipinski definition) is 0. The van der Waals surface area contributed by atoms with Crippen LogP contribution >= 0.6 is 0 Å². The van der Waals surface area contributed by atoms with E-state index in [0.29, 0.717) is 18.7 Å². The third kappa shape index (κ3) is 6.28. The number of aryl methyl sites for hydroxylation is 2. The molecule has 2 fully saturated rings. The van der Waals surface area contributed by atoms with Crippen molar-refractivity contribution in [1.29, 1.82) is 0 Å². The van der Waals surface area contributed by atoms with Crippen molar-refractivity contribution in [2.75, 3.05) is 33.3 Å². The smallest absolute Gasteiger partial charge is 0.406 e. The minimum atomic E-state index is -4.73. The Morgan fingerprint density at radius 3 is 2.24 bits per heavy atom. The largest absolute Gasteiger partial charge is 0.573 e. The van der Waals surface area contributed by atoms with Gasteiger partial charge in [-0.2, -0.15) is 0 Å². The zero-order valence-corrected chi connectivity index (χ0v) is 22.3. The number of likely N-dealkylation sites (tertiary alicyclic amines) is 2. The summed E-state index contributed by atoms with van der Waals surface area (Å²) in [4.78, 5) is 27.1. The maximum absolute atomic E-state index is 13.2. The van der Waals surface area contributed by atoms with Gasteiger partial charge in [-0.05, 0) is 101 Å². The summed E-state index contributed by atoms with van der Waals surface area (Å²) in [6.45, 7) is 9.24. The second-order valence-corrected chi connectivity index (χ2v) is 10.4. The summed E-state index contributed by atoms with van der Waals surface area (Å²) in [5.74, 6) is -0.0808. The fourth-order valence-corrected chi connectivity index (χ4v) is 5.66. The molecular weight excluding hydrogens is 497 g/mol. The number of hydrogen-bond acceptors (Lipinski definition) is 6. The summed E-state index contributed by atoms with van der Waals surface area (Å²) in [7, 11) is 1.47. The molecule has 0 aliphatic carbocycles. The molecule has 206 valence electrons. The quantitative estimate of drug-likeness (QED) is 0.371. The lowest BCUT2D eigenvalue weighted by Gasteiger charge is -2.49. The van der Waals surface area contributed by atoms with Crippen LogP contribution in [-0.4, -0.2) is 71.6 Å². The summed E-state index contributed by atoms with van der Waals surface area (Å²) < 4.78 is 41.5. The zero-order valence-electron chi connectivity index (χ0n) is 22.3. The van der Waals surface area contributed by atoms with Gasteiger partial charge in [-0.15, -0.1) is 13.2 Å². The molecule has 0 unspecified atom stereocenters. The molecule has 1 aromatic carbocycles. The van der Waals surface area contributed by atoms with Crippen LogP contribution in [0.2, 0.25) is 0 Å². The average molecular weight is 533 g/mol. The van der Waals surface area contributed by atoms with E-state index in [1.807, 2.05) is 24.8 Å². The third-order valence-electron chi connectivity index (χ3n) is 7.91. The van der Waals surface area contributed by atoms with E-state index in [0.717, 1.165) is 61.3 Å². The molecule has 38 heavy (non-hydrogen) atoms. The minimum absolute atomic E-state index is 0.00405. The third-order valence-corrected chi connectivity index (χ3v) is 7.91. The first-order valence-electron chi connectivity index (χ1n) is 12.9. The standard InChI is InChI=1S/C28H35F3N4O3/c1-19-9-14-32-20(2)24(19)26(36)34-17-12-27(3,13-18-34)35-15-10-22(11-16-35)25(33-37-4)21-5-7-23(8-6-21)38-28(29,30)31/h5-9,14,22H,10-13,15-18H2,1-4H3. The second-order valence-electron chi connectivity index (χ2n) is 10.4. The number of nitrogens with zero attached hydrogens (tertiary/aromatic N) is 4. The number of halogens is 3. The van der Waals surface area contributed by atoms with E-state index >= 15 is 0 Å². The number of alkyl halides is 3. The van der Waals surface area contributed by atoms with Gasteiger partial charge >= 0.3 is 6.36 Å². The van der Waals surface area contributed by atoms with Crippen molar-refractivity contribution in [3.63, 3.8) is 0 Å². The second kappa shape index (κ2) is 11.3. The Bertz CT molecular complexity index is 1130. The van der Waals surface area contributed by atoms with Gasteiger partial charge in [0.1, 0.15) is 12.9 Å². The zero-order chi connectivity index (χ0) is 27.5. The molecule has 2 aromatic rings. The summed E-state index contributed by atoms with van der Waals surface area (Å²) in [6.07, 6.45) is 0.500. The van der Waals surface area contributed by atoms with Crippen molar-refractivity contribution in [3.05, 3.63) is 58.9 Å². The van der Waals surface area contributed by atoms with Crippen LogP contribution < -0.4 is 4.74 Å². The molecule has 2 aliphatic heterocycles. The van der Waals surface area contributed by atoms with Gasteiger partial charge < -0.3 is 14.5 Å². The molecular formula is C28H35F3N4O3. The lowest BCUT2D eigenvalue weighted by atomic mass is 9.82. The Morgan fingerprint density at radius 1 is 1.05 bits per heavy atom. The first-order valence-corrected chi connectivity index (χ1v) is 12.9. The van der Waals surface area contributed by atoms with E-state index in [1.165, 1.54) is 19.2 Å². The van der Waals surface area contributed by atoms with E-state index < -0.39 is 6.36 Å². The van der Waals surface area contributed by atoms with Crippen LogP contribution in [0.25, 0.3) is 0 Å². The van der Waals surface area contributed by atoms with Gasteiger partial charge in [0.2, 0.25) is 0 Å². The van der Waals surface area contributed by atoms with Crippen LogP contribution in [-0.2, 0) is 4.84 Å². The maximum atomic E-state index is 13.2. The highest BCUT2D eigenvalue weighted by Crippen LogP contribution is 2.34. The molecule has 2 aliphatic rings. The van der Waals surface area contributed by atoms with Crippen LogP contribution in [0.3, 0.4) is 0 Å². The van der Waals surface area contributed by atoms with E-state index in [1.54, 1.807) is 18.3 Å². The summed E-state index contributed by atoms with van der Waals surface area (Å²) in [5, 5.41) is 4.24. The normalized spacial score (nSPS) is 19.3. The van der Waals surface area contributed by atoms with Gasteiger partial charge in [0.25, 0.3) is 5.91 Å². The molecule has 0 N–H and O–H groups in total. The van der Waals surface area contributed by atoms with Crippen molar-refractivity contribution in [1.82, 2.24) is 14.8 Å². The molecule has 0 spiro atoms. The molecule has 0 saturated carbocycles. The van der Waals surface area contributed by atoms with Crippen LogP contribution in [0.1, 0.15) is 59.8 Å². The number of carbonyl (C=O) groups is 1. The van der Waals surface area contributed by atoms with Gasteiger partial charge in [0.05, 0.1) is 17.0 Å². The average Bonchev–Trinajstić information content (AvgIpc) is 2.87. The molecule has 0 atom stereocenters. The Kier molecular flexibility index (Phi) is 8.30. The van der Waals surface area contributed by atoms with Crippen molar-refractivity contribution in [2.24, 2.45) is 11.1 Å². The van der Waals surface area contributed by atoms with Crippen molar-refractivity contribution in [3.8, 4) is 5.75 Å². The topological polar surface area (TPSA) is 67.3 Å². The van der Waals surface area contributed by atoms with Gasteiger partial charge in [0.15, 0.2) is 0 Å². The highest BCUT2D eigenvalue weighted by atomic mass is 19.4. The summed E-state index contributed by atoms with van der Waals surface area (Å²) in [5.41, 5.74) is 3.88. The number of benzene rings is 1. The van der Waals surface area contributed by atoms with E-state index in [9.17, 15) is 18.0 Å². The van der Waals surface area contributed by atoms with Gasteiger partial charge in [0, 0.05) is 30.7 Å². The lowest BCUT2D eigenvalue weighted by molar-refractivity contribution is -0.274. The Morgan fingerprint density at radius 2 is 1.68 bits per heavy atom. The Hall–Kier alpha value is -3.14. The van der Waals surface area contributed by atoms with E-state index in [4.69, 9.17) is 4.84 Å². The number of oxime groups is 1. The monoisotopic (exact) mass is 532 g/mol. The van der Waals surface area contributed by atoms with Crippen molar-refractivity contribution < 1.29 is 27.5 Å². The van der Waals surface area contributed by atoms with Crippen LogP contribution in [0.15, 0.2) is 41.7 Å². The molecule has 3 heterocycles. The predicted molar refractivity (Wildman–Crippen MR) is 138 cm³/mol. The summed E-state index contributed by atoms with van der Waals surface area (Å²) in [6, 6.07) is 7.65. The number of carbonyl (C=O) groups excluding carboxylic acids is 1. The van der Waals surface area contributed by atoms with Gasteiger partial charge in [-0.25, -0.2) is 0 Å². The highest BCUT2D eigenvalue weighted by molar-refractivity contribution is 6.02. The van der Waals surface area contributed by atoms with Crippen LogP contribution in [0, 0.1) is 19.8 Å². The van der Waals surface area contributed by atoms with Gasteiger partial charge in [-0.1, -0.05) is 5.16 Å². The number of amides is 1. The summed E-state index contributed by atoms with van der Waals surface area (Å²) >= 11 is 0. The first kappa shape index (κ1) is 27.9. The lowest BCUT2D eigenvalue weighted by Crippen LogP contribution is -2.56. The fourth-order valence-electron chi connectivity index (χ4n) is 5.66. The van der Waals surface area contributed by atoms with E-state index in [2.05, 4.69) is 26.7 Å². The minimum Gasteiger partial charge on any atom is -0.406 e. The molecule has 1 aromatic heterocycles. The van der Waals surface area contributed by atoms with Gasteiger partial charge in [-0.3, -0.25) is 14.7 Å². The molecule has 0 bridgehead atoms. The van der Waals surface area contributed by atoms with Crippen molar-refractivity contribution in [2.45, 2.75) is 58.4 Å². The number of ether oxygens (including phenoxy) is 1. The molecule has 2 saturated heterocycles. The number of pyridine rings is 1. The number of rotatable bonds is 6. The van der Waals surface area contributed by atoms with Crippen molar-refractivity contribution >= 4 is 11.6 Å². The Labute approximate surface area is 221 Å². The predicted octanol–water partition coefficient (Wildman–Crippen LogP) is 5.35. The molecule has 0 radical (unpaired) electrons. The van der Waals surface area contributed by atoms with E-state index in [-0.39, 0.29) is 23.1 Å². The SMILES string of the molecule is CON=C(c1ccc(OC(F)(F)F)cc1)C1CCN(C2(C)CCN(C(=O)c3c(C)ccnc3C)CC2)CC1.